The van der Waals surface area contributed by atoms with Crippen molar-refractivity contribution in [3.63, 3.8) is 0 Å². The summed E-state index contributed by atoms with van der Waals surface area (Å²) in [5, 5.41) is 22.5. The number of nitrogen functional groups attached to an aromatic ring is 1. The van der Waals surface area contributed by atoms with Crippen molar-refractivity contribution in [1.29, 1.82) is 0 Å². The van der Waals surface area contributed by atoms with Crippen LogP contribution in [-0.2, 0) is 13.0 Å². The van der Waals surface area contributed by atoms with E-state index in [4.69, 9.17) is 11.5 Å². The van der Waals surface area contributed by atoms with Gasteiger partial charge in [-0.25, -0.2) is 10.1 Å². The highest BCUT2D eigenvalue weighted by Gasteiger charge is 2.24. The Labute approximate surface area is 205 Å². The van der Waals surface area contributed by atoms with Gasteiger partial charge in [0.1, 0.15) is 0 Å². The number of nitrogens with zero attached hydrogens (tertiary/aromatic N) is 6. The number of carbonyl (C=O) groups is 2. The van der Waals surface area contributed by atoms with E-state index in [2.05, 4.69) is 41.1 Å². The van der Waals surface area contributed by atoms with Crippen LogP contribution in [0.3, 0.4) is 0 Å². The minimum atomic E-state index is -0.604. The van der Waals surface area contributed by atoms with Gasteiger partial charge < -0.3 is 16.8 Å². The Morgan fingerprint density at radius 1 is 1.08 bits per heavy atom. The maximum atomic E-state index is 13.0. The topological polar surface area (TPSA) is 192 Å². The molecule has 184 valence electrons. The molecule has 0 aliphatic heterocycles. The van der Waals surface area contributed by atoms with Gasteiger partial charge in [-0.3, -0.25) is 9.59 Å². The van der Waals surface area contributed by atoms with E-state index in [1.54, 1.807) is 24.3 Å². The zero-order valence-electron chi connectivity index (χ0n) is 19.4. The minimum absolute atomic E-state index is 0.0169. The summed E-state index contributed by atoms with van der Waals surface area (Å²) < 4.78 is 5.89. The summed E-state index contributed by atoms with van der Waals surface area (Å²) in [7, 11) is 0. The number of aromatic nitrogens is 5. The number of nitrogens with two attached hydrogens (primary N) is 2. The number of anilines is 2. The van der Waals surface area contributed by atoms with E-state index >= 15 is 0 Å². The number of hydrogen-bond acceptors (Lipinski definition) is 10. The number of rotatable bonds is 10. The van der Waals surface area contributed by atoms with Crippen molar-refractivity contribution >= 4 is 29.0 Å². The Kier molecular flexibility index (Phi) is 7.29. The lowest BCUT2D eigenvalue weighted by Crippen LogP contribution is -2.23. The molecule has 0 spiro atoms. The Hall–Kier alpha value is -5.07. The standard InChI is InChI=1S/C23H24N10O3/c1-14(11-12-15-7-3-2-4-8-15)27-29-23(35)19-18(33(32-28-19)22-20(24)30-36-31-22)13-26-17-10-6-5-9-16(17)21(25)34/h2-10,26H,11-13H2,1H3,(H2,24,30)(H2,25,34)(H,29,35)/b27-14+. The Morgan fingerprint density at radius 3 is 2.56 bits per heavy atom. The first-order chi connectivity index (χ1) is 17.4. The molecule has 0 saturated heterocycles. The van der Waals surface area contributed by atoms with Crippen molar-refractivity contribution in [2.45, 2.75) is 26.3 Å². The molecule has 2 heterocycles. The fourth-order valence-corrected chi connectivity index (χ4v) is 3.40. The van der Waals surface area contributed by atoms with Gasteiger partial charge in [-0.05, 0) is 47.8 Å². The first kappa shape index (κ1) is 24.1. The monoisotopic (exact) mass is 488 g/mol. The number of para-hydroxylation sites is 1. The van der Waals surface area contributed by atoms with Gasteiger partial charge in [-0.15, -0.1) is 5.10 Å². The zero-order chi connectivity index (χ0) is 25.5. The highest BCUT2D eigenvalue weighted by molar-refractivity contribution is 5.98. The van der Waals surface area contributed by atoms with Crippen molar-refractivity contribution in [2.24, 2.45) is 10.8 Å². The largest absolute Gasteiger partial charge is 0.379 e. The van der Waals surface area contributed by atoms with Crippen LogP contribution < -0.4 is 22.2 Å². The average molecular weight is 489 g/mol. The van der Waals surface area contributed by atoms with Gasteiger partial charge in [0.2, 0.25) is 11.6 Å². The number of benzene rings is 2. The van der Waals surface area contributed by atoms with Crippen LogP contribution in [0, 0.1) is 0 Å². The van der Waals surface area contributed by atoms with Crippen LogP contribution in [0.2, 0.25) is 0 Å². The fraction of sp³-hybridized carbons (Fsp3) is 0.174. The summed E-state index contributed by atoms with van der Waals surface area (Å²) in [4.78, 5) is 24.7. The first-order valence-electron chi connectivity index (χ1n) is 11.0. The molecule has 0 unspecified atom stereocenters. The lowest BCUT2D eigenvalue weighted by Gasteiger charge is -2.11. The normalized spacial score (nSPS) is 11.3. The van der Waals surface area contributed by atoms with Crippen molar-refractivity contribution in [2.75, 3.05) is 11.1 Å². The highest BCUT2D eigenvalue weighted by atomic mass is 16.6. The Bertz CT molecular complexity index is 1390. The number of nitrogens with one attached hydrogen (secondary N) is 2. The van der Waals surface area contributed by atoms with Gasteiger partial charge in [0.15, 0.2) is 5.69 Å². The molecule has 13 heteroatoms. The molecule has 36 heavy (non-hydrogen) atoms. The lowest BCUT2D eigenvalue weighted by molar-refractivity contribution is 0.0947. The summed E-state index contributed by atoms with van der Waals surface area (Å²) in [6.07, 6.45) is 1.45. The highest BCUT2D eigenvalue weighted by Crippen LogP contribution is 2.19. The SMILES string of the molecule is C/C(CCc1ccccc1)=N\NC(=O)c1nnn(-c2nonc2N)c1CNc1ccccc1C(N)=O. The molecular formula is C23H24N10O3. The second kappa shape index (κ2) is 10.9. The maximum absolute atomic E-state index is 13.0. The second-order valence-electron chi connectivity index (χ2n) is 7.81. The van der Waals surface area contributed by atoms with E-state index < -0.39 is 11.8 Å². The molecule has 4 rings (SSSR count). The molecule has 0 aliphatic carbocycles. The number of amides is 2. The average Bonchev–Trinajstić information content (AvgIpc) is 3.51. The number of carbonyl (C=O) groups excluding carboxylic acids is 2. The predicted octanol–water partition coefficient (Wildman–Crippen LogP) is 1.68. The van der Waals surface area contributed by atoms with Crippen LogP contribution in [-0.4, -0.2) is 42.8 Å². The predicted molar refractivity (Wildman–Crippen MR) is 131 cm³/mol. The third-order valence-corrected chi connectivity index (χ3v) is 5.28. The van der Waals surface area contributed by atoms with E-state index in [0.717, 1.165) is 12.1 Å². The van der Waals surface area contributed by atoms with Crippen LogP contribution in [0.15, 0.2) is 64.3 Å². The summed E-state index contributed by atoms with van der Waals surface area (Å²) in [6, 6.07) is 16.7. The number of aryl methyl sites for hydroxylation is 1. The molecule has 2 aromatic heterocycles. The molecule has 0 radical (unpaired) electrons. The molecule has 6 N–H and O–H groups in total. The van der Waals surface area contributed by atoms with Crippen LogP contribution in [0.5, 0.6) is 0 Å². The molecule has 0 saturated carbocycles. The molecule has 2 amide bonds. The summed E-state index contributed by atoms with van der Waals surface area (Å²) in [5.41, 5.74) is 16.7. The van der Waals surface area contributed by atoms with Gasteiger partial charge in [0, 0.05) is 11.4 Å². The van der Waals surface area contributed by atoms with Crippen molar-refractivity contribution in [3.8, 4) is 5.82 Å². The number of hydrazone groups is 1. The number of hydrogen-bond donors (Lipinski definition) is 4. The van der Waals surface area contributed by atoms with E-state index in [9.17, 15) is 9.59 Å². The summed E-state index contributed by atoms with van der Waals surface area (Å²) in [6.45, 7) is 1.84. The Balaban J connectivity index is 1.54. The molecule has 13 nitrogen and oxygen atoms in total. The molecule has 0 fully saturated rings. The first-order valence-corrected chi connectivity index (χ1v) is 11.0. The molecule has 0 atom stereocenters. The maximum Gasteiger partial charge on any atom is 0.293 e. The Morgan fingerprint density at radius 2 is 1.83 bits per heavy atom. The van der Waals surface area contributed by atoms with Crippen LogP contribution in [0.1, 0.15) is 45.4 Å². The smallest absolute Gasteiger partial charge is 0.293 e. The van der Waals surface area contributed by atoms with E-state index in [1.807, 2.05) is 37.3 Å². The third-order valence-electron chi connectivity index (χ3n) is 5.28. The fourth-order valence-electron chi connectivity index (χ4n) is 3.40. The molecule has 2 aromatic carbocycles. The number of primary amides is 1. The lowest BCUT2D eigenvalue weighted by atomic mass is 10.1. The molecule has 0 aliphatic rings. The van der Waals surface area contributed by atoms with Crippen LogP contribution in [0.25, 0.3) is 5.82 Å². The summed E-state index contributed by atoms with van der Waals surface area (Å²) >= 11 is 0. The van der Waals surface area contributed by atoms with Crippen molar-refractivity contribution in [3.05, 3.63) is 77.1 Å². The van der Waals surface area contributed by atoms with Gasteiger partial charge >= 0.3 is 0 Å². The minimum Gasteiger partial charge on any atom is -0.379 e. The van der Waals surface area contributed by atoms with E-state index in [0.29, 0.717) is 12.1 Å². The zero-order valence-corrected chi connectivity index (χ0v) is 19.4. The van der Waals surface area contributed by atoms with Crippen LogP contribution >= 0.6 is 0 Å². The van der Waals surface area contributed by atoms with Crippen molar-refractivity contribution in [1.82, 2.24) is 30.7 Å². The summed E-state index contributed by atoms with van der Waals surface area (Å²) in [5.74, 6) is -1.17. The second-order valence-corrected chi connectivity index (χ2v) is 7.81. The molecule has 0 bridgehead atoms. The van der Waals surface area contributed by atoms with Gasteiger partial charge in [-0.1, -0.05) is 47.7 Å². The van der Waals surface area contributed by atoms with Gasteiger partial charge in [0.05, 0.1) is 17.8 Å². The molecular weight excluding hydrogens is 464 g/mol. The quantitative estimate of drug-likeness (QED) is 0.190. The van der Waals surface area contributed by atoms with Crippen LogP contribution in [0.4, 0.5) is 11.5 Å². The van der Waals surface area contributed by atoms with E-state index in [1.165, 1.54) is 10.2 Å². The van der Waals surface area contributed by atoms with E-state index in [-0.39, 0.29) is 35.1 Å². The van der Waals surface area contributed by atoms with Gasteiger partial charge in [0.25, 0.3) is 11.8 Å². The van der Waals surface area contributed by atoms with Crippen molar-refractivity contribution < 1.29 is 14.2 Å². The van der Waals surface area contributed by atoms with Gasteiger partial charge in [-0.2, -0.15) is 9.78 Å². The molecule has 4 aromatic rings. The third kappa shape index (κ3) is 5.52.